The average Bonchev–Trinajstić information content (AvgIpc) is 2.84. The Morgan fingerprint density at radius 2 is 1.70 bits per heavy atom. The van der Waals surface area contributed by atoms with E-state index in [0.29, 0.717) is 24.4 Å². The van der Waals surface area contributed by atoms with E-state index in [9.17, 15) is 26.4 Å². The topological polar surface area (TPSA) is 137 Å². The van der Waals surface area contributed by atoms with Crippen LogP contribution in [-0.4, -0.2) is 78.0 Å². The van der Waals surface area contributed by atoms with Gasteiger partial charge in [-0.2, -0.15) is 13.2 Å². The lowest BCUT2D eigenvalue weighted by atomic mass is 10.1. The molecule has 1 aliphatic heterocycles. The third kappa shape index (κ3) is 9.22. The number of nitrogens with zero attached hydrogens (tertiary/aromatic N) is 1. The van der Waals surface area contributed by atoms with Crippen molar-refractivity contribution in [2.24, 2.45) is 0 Å². The van der Waals surface area contributed by atoms with Crippen LogP contribution in [0, 0.1) is 6.92 Å². The van der Waals surface area contributed by atoms with Gasteiger partial charge in [-0.15, -0.1) is 0 Å². The summed E-state index contributed by atoms with van der Waals surface area (Å²) in [7, 11) is -2.24. The van der Waals surface area contributed by atoms with E-state index in [1.807, 2.05) is 6.92 Å². The molecule has 1 aliphatic rings. The van der Waals surface area contributed by atoms with Gasteiger partial charge in [0, 0.05) is 45.4 Å². The molecule has 1 amide bonds. The molecule has 1 saturated heterocycles. The maximum absolute atomic E-state index is 13.0. The van der Waals surface area contributed by atoms with Crippen molar-refractivity contribution in [3.8, 4) is 0 Å². The van der Waals surface area contributed by atoms with E-state index in [1.54, 1.807) is 49.6 Å². The normalized spacial score (nSPS) is 13.8. The minimum absolute atomic E-state index is 0.175. The van der Waals surface area contributed by atoms with Gasteiger partial charge in [-0.1, -0.05) is 17.7 Å². The number of carbonyl (C=O) groups is 2. The van der Waals surface area contributed by atoms with Gasteiger partial charge in [0.25, 0.3) is 15.9 Å². The molecule has 0 aromatic heterocycles. The lowest BCUT2D eigenvalue weighted by molar-refractivity contribution is -0.192. The maximum Gasteiger partial charge on any atom is 0.490 e. The van der Waals surface area contributed by atoms with Gasteiger partial charge in [-0.25, -0.2) is 13.2 Å². The number of carboxylic acid groups (broad SMARTS) is 1. The molecule has 4 N–H and O–H groups in total. The first-order valence-electron chi connectivity index (χ1n) is 11.1. The molecule has 2 aromatic rings. The fraction of sp³-hybridized carbons (Fsp3) is 0.391. The fourth-order valence-electron chi connectivity index (χ4n) is 3.23. The first-order valence-corrected chi connectivity index (χ1v) is 12.6. The second-order valence-electron chi connectivity index (χ2n) is 7.94. The molecule has 14 heteroatoms. The number of nitrogens with one attached hydrogen (secondary N) is 3. The summed E-state index contributed by atoms with van der Waals surface area (Å²) in [5.41, 5.74) is 2.49. The number of aryl methyl sites for hydroxylation is 1. The molecule has 0 unspecified atom stereocenters. The first kappa shape index (κ1) is 29.9. The fourth-order valence-corrected chi connectivity index (χ4v) is 4.30. The van der Waals surface area contributed by atoms with E-state index in [4.69, 9.17) is 14.6 Å². The molecule has 3 rings (SSSR count). The number of ether oxygens (including phenoxy) is 1. The lowest BCUT2D eigenvalue weighted by Crippen LogP contribution is -2.43. The SMILES string of the molecule is COCCNC(=O)c1ccc(N2CCNCC2)c(NS(=O)(=O)c2ccc(C)cc2)c1.O=C(O)C(F)(F)F. The monoisotopic (exact) mass is 546 g/mol. The molecular formula is C23H29F3N4O6S. The standard InChI is InChI=1S/C21H28N4O4S.C2HF3O2/c1-16-3-6-18(7-4-16)30(27,28)24-19-15-17(21(26)23-11-14-29-2)5-8-20(19)25-12-9-22-10-13-25;3-2(4,5)1(6)7/h3-8,15,22,24H,9-14H2,1-2H3,(H,23,26);(H,6,7). The lowest BCUT2D eigenvalue weighted by Gasteiger charge is -2.31. The van der Waals surface area contributed by atoms with Crippen LogP contribution in [0.2, 0.25) is 0 Å². The van der Waals surface area contributed by atoms with E-state index in [2.05, 4.69) is 20.3 Å². The Kier molecular flexibility index (Phi) is 10.7. The molecule has 0 spiro atoms. The Hall–Kier alpha value is -3.36. The van der Waals surface area contributed by atoms with Crippen LogP contribution in [0.4, 0.5) is 24.5 Å². The van der Waals surface area contributed by atoms with Crippen LogP contribution in [0.25, 0.3) is 0 Å². The van der Waals surface area contributed by atoms with Crippen molar-refractivity contribution in [2.75, 3.05) is 56.1 Å². The van der Waals surface area contributed by atoms with Crippen molar-refractivity contribution in [1.29, 1.82) is 0 Å². The number of halogens is 3. The van der Waals surface area contributed by atoms with Crippen LogP contribution in [0.1, 0.15) is 15.9 Å². The quantitative estimate of drug-likeness (QED) is 0.370. The smallest absolute Gasteiger partial charge is 0.475 e. The Morgan fingerprint density at radius 3 is 2.24 bits per heavy atom. The van der Waals surface area contributed by atoms with Gasteiger partial charge in [0.15, 0.2) is 0 Å². The van der Waals surface area contributed by atoms with Gasteiger partial charge in [0.05, 0.1) is 22.9 Å². The van der Waals surface area contributed by atoms with Crippen molar-refractivity contribution in [2.45, 2.75) is 18.0 Å². The highest BCUT2D eigenvalue weighted by Crippen LogP contribution is 2.30. The zero-order valence-corrected chi connectivity index (χ0v) is 21.1. The number of anilines is 2. The summed E-state index contributed by atoms with van der Waals surface area (Å²) in [6.45, 7) is 5.79. The van der Waals surface area contributed by atoms with Crippen LogP contribution in [0.5, 0.6) is 0 Å². The summed E-state index contributed by atoms with van der Waals surface area (Å²) in [5, 5.41) is 13.2. The summed E-state index contributed by atoms with van der Waals surface area (Å²) < 4.78 is 65.3. The number of alkyl halides is 3. The van der Waals surface area contributed by atoms with Crippen molar-refractivity contribution in [3.05, 3.63) is 53.6 Å². The Morgan fingerprint density at radius 1 is 1.11 bits per heavy atom. The number of methoxy groups -OCH3 is 1. The van der Waals surface area contributed by atoms with Gasteiger partial charge in [-0.05, 0) is 37.3 Å². The highest BCUT2D eigenvalue weighted by Gasteiger charge is 2.38. The van der Waals surface area contributed by atoms with Crippen LogP contribution in [0.3, 0.4) is 0 Å². The van der Waals surface area contributed by atoms with Gasteiger partial charge < -0.3 is 25.4 Å². The van der Waals surface area contributed by atoms with Crippen molar-refractivity contribution >= 4 is 33.3 Å². The van der Waals surface area contributed by atoms with E-state index in [0.717, 1.165) is 37.4 Å². The molecule has 2 aromatic carbocycles. The van der Waals surface area contributed by atoms with Crippen LogP contribution < -0.4 is 20.3 Å². The predicted molar refractivity (Wildman–Crippen MR) is 131 cm³/mol. The number of carbonyl (C=O) groups excluding carboxylic acids is 1. The first-order chi connectivity index (χ1) is 17.3. The number of piperazine rings is 1. The van der Waals surface area contributed by atoms with Crippen molar-refractivity contribution in [3.63, 3.8) is 0 Å². The minimum atomic E-state index is -5.08. The molecule has 0 radical (unpaired) electrons. The Bertz CT molecular complexity index is 1170. The minimum Gasteiger partial charge on any atom is -0.475 e. The number of hydrogen-bond acceptors (Lipinski definition) is 7. The van der Waals surface area contributed by atoms with Crippen molar-refractivity contribution < 1.29 is 41.0 Å². The van der Waals surface area contributed by atoms with Crippen LogP contribution in [0.15, 0.2) is 47.4 Å². The van der Waals surface area contributed by atoms with Crippen LogP contribution >= 0.6 is 0 Å². The largest absolute Gasteiger partial charge is 0.490 e. The third-order valence-corrected chi connectivity index (χ3v) is 6.51. The summed E-state index contributed by atoms with van der Waals surface area (Å²) in [6.07, 6.45) is -5.08. The molecule has 0 aliphatic carbocycles. The number of hydrogen-bond donors (Lipinski definition) is 4. The van der Waals surface area contributed by atoms with E-state index in [1.165, 1.54) is 0 Å². The van der Waals surface area contributed by atoms with E-state index in [-0.39, 0.29) is 10.8 Å². The molecule has 1 fully saturated rings. The number of carboxylic acids is 1. The van der Waals surface area contributed by atoms with Gasteiger partial charge in [0.2, 0.25) is 0 Å². The zero-order chi connectivity index (χ0) is 27.6. The highest BCUT2D eigenvalue weighted by atomic mass is 32.2. The van der Waals surface area contributed by atoms with Gasteiger partial charge in [0.1, 0.15) is 0 Å². The number of amides is 1. The van der Waals surface area contributed by atoms with E-state index < -0.39 is 22.2 Å². The zero-order valence-electron chi connectivity index (χ0n) is 20.3. The molecule has 1 heterocycles. The predicted octanol–water partition coefficient (Wildman–Crippen LogP) is 2.21. The number of sulfonamides is 1. The Balaban J connectivity index is 0.000000604. The van der Waals surface area contributed by atoms with Crippen molar-refractivity contribution in [1.82, 2.24) is 10.6 Å². The number of benzene rings is 2. The molecular weight excluding hydrogens is 517 g/mol. The summed E-state index contributed by atoms with van der Waals surface area (Å²) in [4.78, 5) is 23.6. The van der Waals surface area contributed by atoms with Crippen LogP contribution in [-0.2, 0) is 19.6 Å². The molecule has 0 atom stereocenters. The summed E-state index contributed by atoms with van der Waals surface area (Å²) in [6, 6.07) is 11.8. The second kappa shape index (κ2) is 13.3. The second-order valence-corrected chi connectivity index (χ2v) is 9.62. The molecule has 0 bridgehead atoms. The average molecular weight is 547 g/mol. The number of aliphatic carboxylic acids is 1. The number of rotatable bonds is 8. The van der Waals surface area contributed by atoms with E-state index >= 15 is 0 Å². The van der Waals surface area contributed by atoms with Gasteiger partial charge >= 0.3 is 12.1 Å². The Labute approximate surface area is 212 Å². The third-order valence-electron chi connectivity index (χ3n) is 5.13. The maximum atomic E-state index is 13.0. The highest BCUT2D eigenvalue weighted by molar-refractivity contribution is 7.92. The summed E-state index contributed by atoms with van der Waals surface area (Å²) >= 11 is 0. The van der Waals surface area contributed by atoms with Gasteiger partial charge in [-0.3, -0.25) is 9.52 Å². The molecule has 37 heavy (non-hydrogen) atoms. The molecule has 204 valence electrons. The molecule has 0 saturated carbocycles. The molecule has 10 nitrogen and oxygen atoms in total. The summed E-state index contributed by atoms with van der Waals surface area (Å²) in [5.74, 6) is -3.04.